The first kappa shape index (κ1) is 13.8. The lowest BCUT2D eigenvalue weighted by atomic mass is 10.1. The molecule has 1 N–H and O–H groups in total. The van der Waals surface area contributed by atoms with Crippen LogP contribution in [0, 0.1) is 17.6 Å². The number of carbonyl (C=O) groups excluding carboxylic acids is 1. The van der Waals surface area contributed by atoms with Gasteiger partial charge in [-0.1, -0.05) is 6.07 Å². The van der Waals surface area contributed by atoms with Crippen LogP contribution in [0.5, 0.6) is 0 Å². The highest BCUT2D eigenvalue weighted by Gasteiger charge is 2.44. The largest absolute Gasteiger partial charge is 0.325 e. The molecule has 0 radical (unpaired) electrons. The van der Waals surface area contributed by atoms with Gasteiger partial charge in [-0.3, -0.25) is 9.20 Å². The highest BCUT2D eigenvalue weighted by Crippen LogP contribution is 2.48. The molecule has 1 aliphatic carbocycles. The Morgan fingerprint density at radius 1 is 1.22 bits per heavy atom. The van der Waals surface area contributed by atoms with E-state index in [1.807, 2.05) is 0 Å². The molecule has 2 aromatic heterocycles. The summed E-state index contributed by atoms with van der Waals surface area (Å²) in [5, 5.41) is 10.5. The number of carbonyl (C=O) groups is 1. The minimum absolute atomic E-state index is 0.0660. The lowest BCUT2D eigenvalue weighted by Crippen LogP contribution is -2.15. The van der Waals surface area contributed by atoms with Crippen LogP contribution in [0.1, 0.15) is 17.9 Å². The number of rotatable bonds is 3. The Morgan fingerprint density at radius 2 is 2.09 bits per heavy atom. The van der Waals surface area contributed by atoms with Crippen molar-refractivity contribution in [2.24, 2.45) is 5.92 Å². The molecule has 1 saturated carbocycles. The lowest BCUT2D eigenvalue weighted by Gasteiger charge is -2.06. The molecule has 2 heterocycles. The van der Waals surface area contributed by atoms with Gasteiger partial charge in [-0.25, -0.2) is 8.78 Å². The maximum atomic E-state index is 13.3. The number of fused-ring (bicyclic) bond motifs is 1. The summed E-state index contributed by atoms with van der Waals surface area (Å²) in [6, 6.07) is 7.28. The summed E-state index contributed by atoms with van der Waals surface area (Å²) in [5.41, 5.74) is 1.98. The van der Waals surface area contributed by atoms with Crippen molar-refractivity contribution in [1.29, 1.82) is 0 Å². The summed E-state index contributed by atoms with van der Waals surface area (Å²) in [6.45, 7) is 0. The smallest absolute Gasteiger partial charge is 0.228 e. The zero-order chi connectivity index (χ0) is 16.0. The molecule has 0 aliphatic heterocycles. The average molecular weight is 314 g/mol. The molecule has 0 spiro atoms. The molecule has 1 amide bonds. The SMILES string of the molecule is O=C(Nc1ccc2nncn2c1)[C@@H]1C[C@H]1c1ccc(F)c(F)c1. The number of hydrogen-bond donors (Lipinski definition) is 1. The number of halogens is 2. The first-order valence-electron chi connectivity index (χ1n) is 7.17. The molecule has 3 aromatic rings. The molecule has 7 heteroatoms. The monoisotopic (exact) mass is 314 g/mol. The van der Waals surface area contributed by atoms with Crippen molar-refractivity contribution in [2.75, 3.05) is 5.32 Å². The van der Waals surface area contributed by atoms with Gasteiger partial charge in [-0.05, 0) is 42.2 Å². The number of hydrogen-bond acceptors (Lipinski definition) is 3. The minimum atomic E-state index is -0.883. The van der Waals surface area contributed by atoms with E-state index in [4.69, 9.17) is 0 Å². The normalized spacial score (nSPS) is 19.7. The zero-order valence-electron chi connectivity index (χ0n) is 11.9. The van der Waals surface area contributed by atoms with Crippen molar-refractivity contribution in [3.8, 4) is 0 Å². The Bertz CT molecular complexity index is 908. The first-order chi connectivity index (χ1) is 11.1. The van der Waals surface area contributed by atoms with Crippen molar-refractivity contribution in [2.45, 2.75) is 12.3 Å². The third-order valence-electron chi connectivity index (χ3n) is 4.06. The fourth-order valence-corrected chi connectivity index (χ4v) is 2.73. The van der Waals surface area contributed by atoms with Crippen LogP contribution in [0.3, 0.4) is 0 Å². The van der Waals surface area contributed by atoms with Gasteiger partial charge in [-0.2, -0.15) is 0 Å². The Labute approximate surface area is 130 Å². The molecule has 1 aromatic carbocycles. The van der Waals surface area contributed by atoms with Crippen molar-refractivity contribution in [1.82, 2.24) is 14.6 Å². The highest BCUT2D eigenvalue weighted by molar-refractivity contribution is 5.95. The van der Waals surface area contributed by atoms with Gasteiger partial charge in [0.15, 0.2) is 17.3 Å². The van der Waals surface area contributed by atoms with Gasteiger partial charge in [0.1, 0.15) is 6.33 Å². The Balaban J connectivity index is 1.46. The van der Waals surface area contributed by atoms with Crippen molar-refractivity contribution in [3.63, 3.8) is 0 Å². The molecule has 0 unspecified atom stereocenters. The predicted molar refractivity (Wildman–Crippen MR) is 78.8 cm³/mol. The third-order valence-corrected chi connectivity index (χ3v) is 4.06. The summed E-state index contributed by atoms with van der Waals surface area (Å²) in [6.07, 6.45) is 3.90. The molecule has 0 bridgehead atoms. The highest BCUT2D eigenvalue weighted by atomic mass is 19.2. The fourth-order valence-electron chi connectivity index (χ4n) is 2.73. The standard InChI is InChI=1S/C16H12F2N4O/c17-13-3-1-9(5-14(13)18)11-6-12(11)16(23)20-10-2-4-15-21-19-8-22(15)7-10/h1-5,7-8,11-12H,6H2,(H,20,23)/t11-,12+/m0/s1. The number of aromatic nitrogens is 3. The average Bonchev–Trinajstić information content (AvgIpc) is 3.21. The van der Waals surface area contributed by atoms with Gasteiger partial charge in [0.25, 0.3) is 0 Å². The second-order valence-electron chi connectivity index (χ2n) is 5.63. The van der Waals surface area contributed by atoms with Crippen molar-refractivity contribution < 1.29 is 13.6 Å². The van der Waals surface area contributed by atoms with E-state index >= 15 is 0 Å². The molecule has 23 heavy (non-hydrogen) atoms. The van der Waals surface area contributed by atoms with E-state index in [9.17, 15) is 13.6 Å². The molecule has 1 fully saturated rings. The maximum Gasteiger partial charge on any atom is 0.228 e. The van der Waals surface area contributed by atoms with Crippen LogP contribution in [0.15, 0.2) is 42.9 Å². The summed E-state index contributed by atoms with van der Waals surface area (Å²) < 4.78 is 27.9. The van der Waals surface area contributed by atoms with Gasteiger partial charge in [0.2, 0.25) is 5.91 Å². The van der Waals surface area contributed by atoms with Crippen molar-refractivity contribution in [3.05, 3.63) is 60.1 Å². The predicted octanol–water partition coefficient (Wildman–Crippen LogP) is 2.75. The summed E-state index contributed by atoms with van der Waals surface area (Å²) in [5.74, 6) is -2.18. The van der Waals surface area contributed by atoms with Gasteiger partial charge >= 0.3 is 0 Å². The molecule has 4 rings (SSSR count). The topological polar surface area (TPSA) is 59.3 Å². The minimum Gasteiger partial charge on any atom is -0.325 e. The van der Waals surface area contributed by atoms with Crippen molar-refractivity contribution >= 4 is 17.2 Å². The number of pyridine rings is 1. The second kappa shape index (κ2) is 5.12. The molecule has 116 valence electrons. The van der Waals surface area contributed by atoms with E-state index < -0.39 is 11.6 Å². The number of benzene rings is 1. The van der Waals surface area contributed by atoms with E-state index in [2.05, 4.69) is 15.5 Å². The number of amides is 1. The van der Waals surface area contributed by atoms with Gasteiger partial charge < -0.3 is 5.32 Å². The lowest BCUT2D eigenvalue weighted by molar-refractivity contribution is -0.117. The molecule has 0 saturated heterocycles. The van der Waals surface area contributed by atoms with Gasteiger partial charge in [0, 0.05) is 12.1 Å². The Morgan fingerprint density at radius 3 is 2.91 bits per heavy atom. The molecular formula is C16H12F2N4O. The molecule has 5 nitrogen and oxygen atoms in total. The Hall–Kier alpha value is -2.83. The van der Waals surface area contributed by atoms with Crippen LogP contribution in [0.2, 0.25) is 0 Å². The quantitative estimate of drug-likeness (QED) is 0.808. The van der Waals surface area contributed by atoms with Gasteiger partial charge in [-0.15, -0.1) is 10.2 Å². The van der Waals surface area contributed by atoms with Gasteiger partial charge in [0.05, 0.1) is 5.69 Å². The Kier molecular flexibility index (Phi) is 3.07. The van der Waals surface area contributed by atoms with Crippen LogP contribution >= 0.6 is 0 Å². The number of nitrogens with zero attached hydrogens (tertiary/aromatic N) is 3. The summed E-state index contributed by atoms with van der Waals surface area (Å²) >= 11 is 0. The van der Waals surface area contributed by atoms with Crippen LogP contribution < -0.4 is 5.32 Å². The fraction of sp³-hybridized carbons (Fsp3) is 0.188. The third kappa shape index (κ3) is 2.54. The van der Waals surface area contributed by atoms with Crippen LogP contribution in [-0.4, -0.2) is 20.5 Å². The van der Waals surface area contributed by atoms with E-state index in [0.717, 1.165) is 12.1 Å². The number of nitrogens with one attached hydrogen (secondary N) is 1. The summed E-state index contributed by atoms with van der Waals surface area (Å²) in [7, 11) is 0. The van der Waals surface area contributed by atoms with E-state index in [-0.39, 0.29) is 17.7 Å². The van der Waals surface area contributed by atoms with E-state index in [1.54, 1.807) is 29.1 Å². The molecular weight excluding hydrogens is 302 g/mol. The zero-order valence-corrected chi connectivity index (χ0v) is 11.9. The van der Waals surface area contributed by atoms with Crippen LogP contribution in [0.25, 0.3) is 5.65 Å². The van der Waals surface area contributed by atoms with Crippen LogP contribution in [0.4, 0.5) is 14.5 Å². The second-order valence-corrected chi connectivity index (χ2v) is 5.63. The van der Waals surface area contributed by atoms with Crippen LogP contribution in [-0.2, 0) is 4.79 Å². The number of anilines is 1. The molecule has 1 aliphatic rings. The maximum absolute atomic E-state index is 13.3. The first-order valence-corrected chi connectivity index (χ1v) is 7.17. The van der Waals surface area contributed by atoms with E-state index in [1.165, 1.54) is 6.07 Å². The van der Waals surface area contributed by atoms with E-state index in [0.29, 0.717) is 23.3 Å². The molecule has 2 atom stereocenters. The summed E-state index contributed by atoms with van der Waals surface area (Å²) in [4.78, 5) is 12.3.